The molecule has 1 aliphatic rings. The number of nitrogens with zero attached hydrogens (tertiary/aromatic N) is 1. The van der Waals surface area contributed by atoms with E-state index in [9.17, 15) is 9.59 Å². The van der Waals surface area contributed by atoms with Crippen molar-refractivity contribution in [2.75, 3.05) is 18.4 Å². The third-order valence-electron chi connectivity index (χ3n) is 5.46. The molecule has 1 aliphatic heterocycles. The fourth-order valence-corrected chi connectivity index (χ4v) is 3.43. The molecule has 2 aromatic rings. The van der Waals surface area contributed by atoms with Gasteiger partial charge in [-0.1, -0.05) is 32.0 Å². The summed E-state index contributed by atoms with van der Waals surface area (Å²) in [4.78, 5) is 27.2. The number of rotatable bonds is 6. The Bertz CT molecular complexity index is 839. The monoisotopic (exact) mass is 394 g/mol. The molecule has 2 amide bonds. The molecule has 1 atom stereocenters. The van der Waals surface area contributed by atoms with Gasteiger partial charge < -0.3 is 15.0 Å². The van der Waals surface area contributed by atoms with Crippen molar-refractivity contribution in [1.82, 2.24) is 4.90 Å². The Balaban J connectivity index is 1.59. The number of ether oxygens (including phenoxy) is 1. The molecule has 29 heavy (non-hydrogen) atoms. The second-order valence-electron chi connectivity index (χ2n) is 7.80. The molecule has 0 aliphatic carbocycles. The maximum absolute atomic E-state index is 12.8. The number of anilines is 1. The molecule has 5 nitrogen and oxygen atoms in total. The van der Waals surface area contributed by atoms with Gasteiger partial charge in [0.05, 0.1) is 0 Å². The smallest absolute Gasteiger partial charge is 0.265 e. The molecule has 0 bridgehead atoms. The highest BCUT2D eigenvalue weighted by molar-refractivity contribution is 5.98. The second kappa shape index (κ2) is 9.59. The summed E-state index contributed by atoms with van der Waals surface area (Å²) in [6, 6.07) is 14.9. The highest BCUT2D eigenvalue weighted by atomic mass is 16.5. The lowest BCUT2D eigenvalue weighted by Crippen LogP contribution is -2.38. The Labute approximate surface area is 173 Å². The van der Waals surface area contributed by atoms with Crippen molar-refractivity contribution >= 4 is 17.5 Å². The molecular weight excluding hydrogens is 364 g/mol. The summed E-state index contributed by atoms with van der Waals surface area (Å²) in [7, 11) is 0. The lowest BCUT2D eigenvalue weighted by Gasteiger charge is -2.30. The molecule has 3 rings (SSSR count). The van der Waals surface area contributed by atoms with E-state index in [1.165, 1.54) is 5.56 Å². The van der Waals surface area contributed by atoms with Crippen LogP contribution in [0.3, 0.4) is 0 Å². The minimum Gasteiger partial charge on any atom is -0.481 e. The molecule has 1 heterocycles. The number of carbonyl (C=O) groups excluding carboxylic acids is 2. The first kappa shape index (κ1) is 20.9. The molecule has 0 radical (unpaired) electrons. The highest BCUT2D eigenvalue weighted by Crippen LogP contribution is 2.20. The van der Waals surface area contributed by atoms with E-state index in [4.69, 9.17) is 4.74 Å². The van der Waals surface area contributed by atoms with Crippen LogP contribution in [0.4, 0.5) is 5.69 Å². The van der Waals surface area contributed by atoms with Crippen LogP contribution in [0, 0.1) is 5.92 Å². The molecule has 1 fully saturated rings. The SMILES string of the molecule is CCc1ccc(OC(C)C(=O)Nc2cccc(C(=O)N3CCC(C)CC3)c2)cc1. The number of amides is 2. The Kier molecular flexibility index (Phi) is 6.91. The first-order valence-corrected chi connectivity index (χ1v) is 10.4. The molecule has 0 saturated carbocycles. The largest absolute Gasteiger partial charge is 0.481 e. The van der Waals surface area contributed by atoms with Gasteiger partial charge in [-0.3, -0.25) is 9.59 Å². The number of hydrogen-bond donors (Lipinski definition) is 1. The van der Waals surface area contributed by atoms with E-state index in [0.29, 0.717) is 22.9 Å². The second-order valence-corrected chi connectivity index (χ2v) is 7.80. The predicted molar refractivity (Wildman–Crippen MR) is 115 cm³/mol. The number of nitrogens with one attached hydrogen (secondary N) is 1. The van der Waals surface area contributed by atoms with Gasteiger partial charge in [-0.05, 0) is 68.0 Å². The van der Waals surface area contributed by atoms with Crippen molar-refractivity contribution in [2.45, 2.75) is 46.1 Å². The molecular formula is C24H30N2O3. The Morgan fingerprint density at radius 2 is 1.83 bits per heavy atom. The van der Waals surface area contributed by atoms with Crippen molar-refractivity contribution in [3.8, 4) is 5.75 Å². The van der Waals surface area contributed by atoms with Gasteiger partial charge in [0, 0.05) is 24.3 Å². The van der Waals surface area contributed by atoms with Crippen LogP contribution in [0.2, 0.25) is 0 Å². The summed E-state index contributed by atoms with van der Waals surface area (Å²) in [5.74, 6) is 1.10. The zero-order valence-corrected chi connectivity index (χ0v) is 17.5. The van der Waals surface area contributed by atoms with Crippen LogP contribution in [0.1, 0.15) is 49.5 Å². The van der Waals surface area contributed by atoms with Crippen molar-refractivity contribution in [2.24, 2.45) is 5.92 Å². The van der Waals surface area contributed by atoms with Gasteiger partial charge in [0.15, 0.2) is 6.10 Å². The van der Waals surface area contributed by atoms with E-state index in [1.807, 2.05) is 29.2 Å². The summed E-state index contributed by atoms with van der Waals surface area (Å²) in [6.45, 7) is 7.61. The molecule has 1 N–H and O–H groups in total. The molecule has 1 saturated heterocycles. The Morgan fingerprint density at radius 3 is 2.48 bits per heavy atom. The fraction of sp³-hybridized carbons (Fsp3) is 0.417. The van der Waals surface area contributed by atoms with E-state index < -0.39 is 6.10 Å². The third kappa shape index (κ3) is 5.59. The molecule has 2 aromatic carbocycles. The number of benzene rings is 2. The third-order valence-corrected chi connectivity index (χ3v) is 5.46. The van der Waals surface area contributed by atoms with Gasteiger partial charge in [0.25, 0.3) is 11.8 Å². The Hall–Kier alpha value is -2.82. The summed E-state index contributed by atoms with van der Waals surface area (Å²) in [5.41, 5.74) is 2.42. The van der Waals surface area contributed by atoms with E-state index >= 15 is 0 Å². The van der Waals surface area contributed by atoms with Gasteiger partial charge in [0.1, 0.15) is 5.75 Å². The summed E-state index contributed by atoms with van der Waals surface area (Å²) in [6.07, 6.45) is 2.39. The van der Waals surface area contributed by atoms with Crippen LogP contribution in [0.5, 0.6) is 5.75 Å². The van der Waals surface area contributed by atoms with Crippen molar-refractivity contribution in [3.63, 3.8) is 0 Å². The average Bonchev–Trinajstić information content (AvgIpc) is 2.74. The first-order valence-electron chi connectivity index (χ1n) is 10.4. The lowest BCUT2D eigenvalue weighted by molar-refractivity contribution is -0.122. The fourth-order valence-electron chi connectivity index (χ4n) is 3.43. The standard InChI is InChI=1S/C24H30N2O3/c1-4-19-8-10-22(11-9-19)29-18(3)23(27)25-21-7-5-6-20(16-21)24(28)26-14-12-17(2)13-15-26/h5-11,16-18H,4,12-15H2,1-3H3,(H,25,27). The van der Waals surface area contributed by atoms with Gasteiger partial charge >= 0.3 is 0 Å². The summed E-state index contributed by atoms with van der Waals surface area (Å²) >= 11 is 0. The van der Waals surface area contributed by atoms with Crippen LogP contribution in [0.25, 0.3) is 0 Å². The predicted octanol–water partition coefficient (Wildman–Crippen LogP) is 4.53. The summed E-state index contributed by atoms with van der Waals surface area (Å²) < 4.78 is 5.74. The van der Waals surface area contributed by atoms with Gasteiger partial charge in [-0.15, -0.1) is 0 Å². The molecule has 5 heteroatoms. The van der Waals surface area contributed by atoms with E-state index in [2.05, 4.69) is 19.2 Å². The van der Waals surface area contributed by atoms with Crippen LogP contribution in [-0.2, 0) is 11.2 Å². The number of piperidine rings is 1. The zero-order valence-electron chi connectivity index (χ0n) is 17.5. The first-order chi connectivity index (χ1) is 14.0. The quantitative estimate of drug-likeness (QED) is 0.783. The maximum atomic E-state index is 12.8. The topological polar surface area (TPSA) is 58.6 Å². The lowest BCUT2D eigenvalue weighted by atomic mass is 9.98. The minimum atomic E-state index is -0.648. The molecule has 0 spiro atoms. The van der Waals surface area contributed by atoms with Crippen molar-refractivity contribution < 1.29 is 14.3 Å². The highest BCUT2D eigenvalue weighted by Gasteiger charge is 2.22. The zero-order chi connectivity index (χ0) is 20.8. The van der Waals surface area contributed by atoms with Crippen LogP contribution in [-0.4, -0.2) is 35.9 Å². The maximum Gasteiger partial charge on any atom is 0.265 e. The number of aryl methyl sites for hydroxylation is 1. The van der Waals surface area contributed by atoms with Crippen molar-refractivity contribution in [3.05, 3.63) is 59.7 Å². The Morgan fingerprint density at radius 1 is 1.14 bits per heavy atom. The normalized spacial score (nSPS) is 15.6. The van der Waals surface area contributed by atoms with Crippen LogP contribution < -0.4 is 10.1 Å². The number of likely N-dealkylation sites (tertiary alicyclic amines) is 1. The van der Waals surface area contributed by atoms with Gasteiger partial charge in [0.2, 0.25) is 0 Å². The number of hydrogen-bond acceptors (Lipinski definition) is 3. The van der Waals surface area contributed by atoms with E-state index in [-0.39, 0.29) is 11.8 Å². The van der Waals surface area contributed by atoms with E-state index in [1.54, 1.807) is 31.2 Å². The average molecular weight is 395 g/mol. The minimum absolute atomic E-state index is 0.0216. The number of carbonyl (C=O) groups is 2. The summed E-state index contributed by atoms with van der Waals surface area (Å²) in [5, 5.41) is 2.86. The van der Waals surface area contributed by atoms with Gasteiger partial charge in [-0.2, -0.15) is 0 Å². The van der Waals surface area contributed by atoms with Crippen molar-refractivity contribution in [1.29, 1.82) is 0 Å². The molecule has 0 aromatic heterocycles. The van der Waals surface area contributed by atoms with Gasteiger partial charge in [-0.25, -0.2) is 0 Å². The van der Waals surface area contributed by atoms with E-state index in [0.717, 1.165) is 32.4 Å². The van der Waals surface area contributed by atoms with Crippen LogP contribution in [0.15, 0.2) is 48.5 Å². The molecule has 1 unspecified atom stereocenters. The molecule has 154 valence electrons. The van der Waals surface area contributed by atoms with Crippen LogP contribution >= 0.6 is 0 Å².